The van der Waals surface area contributed by atoms with Crippen molar-refractivity contribution in [3.63, 3.8) is 0 Å². The third kappa shape index (κ3) is 6.24. The molecule has 0 aliphatic carbocycles. The number of allylic oxidation sites excluding steroid dienone is 2. The van der Waals surface area contributed by atoms with Crippen molar-refractivity contribution in [2.75, 3.05) is 10.8 Å². The van der Waals surface area contributed by atoms with Crippen LogP contribution in [0.2, 0.25) is 10.0 Å². The van der Waals surface area contributed by atoms with Gasteiger partial charge in [-0.25, -0.2) is 12.8 Å². The summed E-state index contributed by atoms with van der Waals surface area (Å²) in [4.78, 5) is -0.568. The van der Waals surface area contributed by atoms with Gasteiger partial charge in [-0.3, -0.25) is 4.31 Å². The fourth-order valence-corrected chi connectivity index (χ4v) is 6.37. The van der Waals surface area contributed by atoms with E-state index in [1.807, 2.05) is 0 Å². The van der Waals surface area contributed by atoms with Gasteiger partial charge in [0.2, 0.25) is 0 Å². The Balaban J connectivity index is 1.84. The molecule has 0 spiro atoms. The van der Waals surface area contributed by atoms with Gasteiger partial charge < -0.3 is 9.84 Å². The fourth-order valence-electron chi connectivity index (χ4n) is 4.31. The topological polar surface area (TPSA) is 66.8 Å². The van der Waals surface area contributed by atoms with Crippen LogP contribution in [0.5, 0.6) is 5.75 Å². The van der Waals surface area contributed by atoms with E-state index in [2.05, 4.69) is 6.58 Å². The zero-order chi connectivity index (χ0) is 29.4. The summed E-state index contributed by atoms with van der Waals surface area (Å²) in [5, 5.41) is 9.84. The van der Waals surface area contributed by atoms with Gasteiger partial charge in [0.05, 0.1) is 38.5 Å². The zero-order valence-corrected chi connectivity index (χ0v) is 23.3. The SMILES string of the molecule is C=C(O)CC[C@H]1CN(S(=O)(=O)c2cccc(C(F)(F)F)c2)c2cc(/C=C(\C)c3c(F)cccc3Cl)c(Cl)cc2O1. The number of ether oxygens (including phenoxy) is 1. The van der Waals surface area contributed by atoms with Crippen LogP contribution in [0.1, 0.15) is 36.5 Å². The molecule has 0 saturated carbocycles. The van der Waals surface area contributed by atoms with Crippen molar-refractivity contribution in [2.24, 2.45) is 0 Å². The average molecular weight is 616 g/mol. The molecule has 40 heavy (non-hydrogen) atoms. The van der Waals surface area contributed by atoms with E-state index < -0.39 is 38.6 Å². The summed E-state index contributed by atoms with van der Waals surface area (Å²) in [6, 6.07) is 10.4. The summed E-state index contributed by atoms with van der Waals surface area (Å²) >= 11 is 12.7. The minimum absolute atomic E-state index is 0.0274. The van der Waals surface area contributed by atoms with Crippen LogP contribution in [0, 0.1) is 5.82 Å². The molecule has 5 nitrogen and oxygen atoms in total. The number of alkyl halides is 3. The summed E-state index contributed by atoms with van der Waals surface area (Å²) in [6.07, 6.45) is -3.73. The lowest BCUT2D eigenvalue weighted by Gasteiger charge is -2.36. The number of nitrogens with zero attached hydrogens (tertiary/aromatic N) is 1. The third-order valence-corrected chi connectivity index (χ3v) is 8.66. The Labute approximate surface area is 239 Å². The Kier molecular flexibility index (Phi) is 8.44. The highest BCUT2D eigenvalue weighted by Gasteiger charge is 2.37. The largest absolute Gasteiger partial charge is 0.513 e. The maximum Gasteiger partial charge on any atom is 0.416 e. The Hall–Kier alpha value is -3.21. The third-order valence-electron chi connectivity index (χ3n) is 6.24. The molecule has 0 fully saturated rings. The van der Waals surface area contributed by atoms with Crippen LogP contribution in [0.15, 0.2) is 71.8 Å². The van der Waals surface area contributed by atoms with Crippen LogP contribution in [-0.4, -0.2) is 26.2 Å². The van der Waals surface area contributed by atoms with E-state index >= 15 is 0 Å². The molecular formula is C28H23Cl2F4NO4S. The average Bonchev–Trinajstić information content (AvgIpc) is 2.87. The Morgan fingerprint density at radius 3 is 2.50 bits per heavy atom. The van der Waals surface area contributed by atoms with Crippen LogP contribution >= 0.6 is 23.2 Å². The van der Waals surface area contributed by atoms with Gasteiger partial charge in [0.1, 0.15) is 17.7 Å². The molecule has 0 aromatic heterocycles. The molecule has 12 heteroatoms. The van der Waals surface area contributed by atoms with Crippen LogP contribution in [0.4, 0.5) is 23.2 Å². The van der Waals surface area contributed by atoms with E-state index in [-0.39, 0.29) is 52.2 Å². The van der Waals surface area contributed by atoms with Gasteiger partial charge in [-0.05, 0) is 67.0 Å². The summed E-state index contributed by atoms with van der Waals surface area (Å²) in [7, 11) is -4.53. The molecule has 212 valence electrons. The van der Waals surface area contributed by atoms with Crippen molar-refractivity contribution in [2.45, 2.75) is 36.9 Å². The second kappa shape index (κ2) is 11.3. The normalized spacial score (nSPS) is 15.9. The number of anilines is 1. The summed E-state index contributed by atoms with van der Waals surface area (Å²) in [5.74, 6) is -0.637. The smallest absolute Gasteiger partial charge is 0.416 e. The Morgan fingerprint density at radius 2 is 1.85 bits per heavy atom. The van der Waals surface area contributed by atoms with Crippen molar-refractivity contribution in [1.29, 1.82) is 0 Å². The van der Waals surface area contributed by atoms with Crippen LogP contribution < -0.4 is 9.04 Å². The number of benzene rings is 3. The number of hydrogen-bond acceptors (Lipinski definition) is 4. The molecule has 0 bridgehead atoms. The molecule has 3 aromatic rings. The van der Waals surface area contributed by atoms with Gasteiger partial charge in [-0.1, -0.05) is 41.9 Å². The van der Waals surface area contributed by atoms with Gasteiger partial charge in [-0.2, -0.15) is 13.2 Å². The van der Waals surface area contributed by atoms with E-state index in [4.69, 9.17) is 27.9 Å². The molecule has 0 saturated heterocycles. The lowest BCUT2D eigenvalue weighted by molar-refractivity contribution is -0.137. The molecule has 4 rings (SSSR count). The summed E-state index contributed by atoms with van der Waals surface area (Å²) in [5.41, 5.74) is -0.264. The van der Waals surface area contributed by atoms with Crippen molar-refractivity contribution in [3.8, 4) is 5.75 Å². The predicted octanol–water partition coefficient (Wildman–Crippen LogP) is 8.52. The maximum absolute atomic E-state index is 14.5. The van der Waals surface area contributed by atoms with Crippen molar-refractivity contribution >= 4 is 50.6 Å². The van der Waals surface area contributed by atoms with Crippen molar-refractivity contribution < 1.29 is 35.8 Å². The highest BCUT2D eigenvalue weighted by Crippen LogP contribution is 2.43. The van der Waals surface area contributed by atoms with Crippen LogP contribution in [0.3, 0.4) is 0 Å². The monoisotopic (exact) mass is 615 g/mol. The minimum atomic E-state index is -4.75. The minimum Gasteiger partial charge on any atom is -0.513 e. The van der Waals surface area contributed by atoms with Crippen LogP contribution in [0.25, 0.3) is 11.6 Å². The predicted molar refractivity (Wildman–Crippen MR) is 148 cm³/mol. The number of hydrogen-bond donors (Lipinski definition) is 1. The molecule has 0 amide bonds. The molecule has 0 unspecified atom stereocenters. The number of rotatable bonds is 7. The number of sulfonamides is 1. The lowest BCUT2D eigenvalue weighted by Crippen LogP contribution is -2.43. The highest BCUT2D eigenvalue weighted by molar-refractivity contribution is 7.92. The molecule has 1 heterocycles. The van der Waals surface area contributed by atoms with Crippen molar-refractivity contribution in [3.05, 3.63) is 99.5 Å². The van der Waals surface area contributed by atoms with Gasteiger partial charge in [0.15, 0.2) is 0 Å². The quantitative estimate of drug-likeness (QED) is 0.164. The van der Waals surface area contributed by atoms with Gasteiger partial charge in [0, 0.05) is 18.1 Å². The molecule has 3 aromatic carbocycles. The molecule has 1 N–H and O–H groups in total. The standard InChI is InChI=1S/C28H23Cl2F4NO4S/c1-16(27-22(29)7-4-8-24(27)31)11-18-12-25-26(14-23(18)30)39-20(10-9-17(2)36)15-35(25)40(37,38)21-6-3-5-19(13-21)28(32,33)34/h3-8,11-14,20,36H,2,9-10,15H2,1H3/b16-11+/t20-/m0/s1. The molecule has 1 aliphatic heterocycles. The number of aliphatic hydroxyl groups excluding tert-OH is 1. The van der Waals surface area contributed by atoms with E-state index in [0.717, 1.165) is 22.5 Å². The molecule has 1 atom stereocenters. The van der Waals surface area contributed by atoms with Gasteiger partial charge in [0.25, 0.3) is 10.0 Å². The number of aliphatic hydroxyl groups is 1. The highest BCUT2D eigenvalue weighted by atomic mass is 35.5. The maximum atomic E-state index is 14.5. The Bertz CT molecular complexity index is 1590. The van der Waals surface area contributed by atoms with Crippen LogP contribution in [-0.2, 0) is 16.2 Å². The molecular weight excluding hydrogens is 593 g/mol. The second-order valence-electron chi connectivity index (χ2n) is 9.17. The van der Waals surface area contributed by atoms with Crippen molar-refractivity contribution in [1.82, 2.24) is 0 Å². The van der Waals surface area contributed by atoms with Gasteiger partial charge >= 0.3 is 6.18 Å². The fraction of sp³-hybridized carbons (Fsp3) is 0.214. The first-order chi connectivity index (χ1) is 18.7. The first-order valence-electron chi connectivity index (χ1n) is 11.9. The lowest BCUT2D eigenvalue weighted by atomic mass is 10.0. The zero-order valence-electron chi connectivity index (χ0n) is 21.0. The van der Waals surface area contributed by atoms with E-state index in [1.165, 1.54) is 36.4 Å². The first-order valence-corrected chi connectivity index (χ1v) is 14.1. The van der Waals surface area contributed by atoms with E-state index in [0.29, 0.717) is 17.2 Å². The Morgan fingerprint density at radius 1 is 1.15 bits per heavy atom. The van der Waals surface area contributed by atoms with E-state index in [9.17, 15) is 31.1 Å². The summed E-state index contributed by atoms with van der Waals surface area (Å²) in [6.45, 7) is 4.76. The first kappa shape index (κ1) is 29.8. The number of fused-ring (bicyclic) bond motifs is 1. The molecule has 0 radical (unpaired) electrons. The van der Waals surface area contributed by atoms with E-state index in [1.54, 1.807) is 6.92 Å². The summed E-state index contributed by atoms with van der Waals surface area (Å²) < 4.78 is 89.1. The molecule has 1 aliphatic rings. The second-order valence-corrected chi connectivity index (χ2v) is 11.8. The van der Waals surface area contributed by atoms with Gasteiger partial charge in [-0.15, -0.1) is 0 Å². The number of halogens is 6.